The number of aromatic amines is 1. The van der Waals surface area contributed by atoms with E-state index >= 15 is 0 Å². The second kappa shape index (κ2) is 5.92. The van der Waals surface area contributed by atoms with Crippen molar-refractivity contribution in [2.75, 3.05) is 18.4 Å². The quantitative estimate of drug-likeness (QED) is 0.627. The van der Waals surface area contributed by atoms with Crippen LogP contribution in [0.4, 0.5) is 5.69 Å². The summed E-state index contributed by atoms with van der Waals surface area (Å²) >= 11 is 3.60. The average Bonchev–Trinajstić information content (AvgIpc) is 3.25. The minimum absolute atomic E-state index is 0.00120. The Hall–Kier alpha value is -2.67. The van der Waals surface area contributed by atoms with E-state index in [2.05, 4.69) is 31.4 Å². The van der Waals surface area contributed by atoms with Crippen molar-refractivity contribution in [2.24, 2.45) is 0 Å². The van der Waals surface area contributed by atoms with Crippen molar-refractivity contribution in [1.29, 1.82) is 0 Å². The number of carbonyl (C=O) groups excluding carboxylic acids is 2. The van der Waals surface area contributed by atoms with Crippen LogP contribution in [0.25, 0.3) is 10.9 Å². The monoisotopic (exact) mass is 424 g/mol. The first-order valence-corrected chi connectivity index (χ1v) is 9.71. The van der Waals surface area contributed by atoms with Gasteiger partial charge in [-0.3, -0.25) is 14.7 Å². The molecule has 0 atom stereocenters. The fourth-order valence-corrected chi connectivity index (χ4v) is 5.04. The largest absolute Gasteiger partial charge is 0.339 e. The summed E-state index contributed by atoms with van der Waals surface area (Å²) in [7, 11) is 0. The van der Waals surface area contributed by atoms with Crippen molar-refractivity contribution in [3.05, 3.63) is 58.2 Å². The maximum atomic E-state index is 12.9. The van der Waals surface area contributed by atoms with Gasteiger partial charge in [-0.25, -0.2) is 0 Å². The van der Waals surface area contributed by atoms with Gasteiger partial charge in [-0.1, -0.05) is 22.0 Å². The maximum Gasteiger partial charge on any atom is 0.253 e. The third-order valence-corrected chi connectivity index (χ3v) is 6.43. The summed E-state index contributed by atoms with van der Waals surface area (Å²) in [6.45, 7) is 1.10. The first kappa shape index (κ1) is 16.5. The van der Waals surface area contributed by atoms with E-state index < -0.39 is 5.41 Å². The van der Waals surface area contributed by atoms with E-state index in [-0.39, 0.29) is 11.8 Å². The Morgan fingerprint density at radius 1 is 1.19 bits per heavy atom. The van der Waals surface area contributed by atoms with E-state index in [4.69, 9.17) is 0 Å². The fourth-order valence-electron chi connectivity index (χ4n) is 4.30. The number of likely N-dealkylation sites (tertiary alicyclic amines) is 1. The molecule has 1 aromatic heterocycles. The topological polar surface area (TPSA) is 78.1 Å². The third kappa shape index (κ3) is 2.41. The highest BCUT2D eigenvalue weighted by atomic mass is 79.9. The van der Waals surface area contributed by atoms with Crippen LogP contribution in [0.15, 0.2) is 47.1 Å². The number of fused-ring (bicyclic) bond motifs is 3. The van der Waals surface area contributed by atoms with Crippen LogP contribution in [0.1, 0.15) is 28.8 Å². The summed E-state index contributed by atoms with van der Waals surface area (Å²) in [6, 6.07) is 11.4. The lowest BCUT2D eigenvalue weighted by Gasteiger charge is -2.38. The molecule has 2 aliphatic rings. The molecule has 0 saturated carbocycles. The number of halogens is 1. The lowest BCUT2D eigenvalue weighted by molar-refractivity contribution is -0.122. The van der Waals surface area contributed by atoms with Gasteiger partial charge in [0.25, 0.3) is 5.91 Å². The number of carbonyl (C=O) groups is 2. The van der Waals surface area contributed by atoms with Gasteiger partial charge < -0.3 is 10.2 Å². The Balaban J connectivity index is 1.40. The maximum absolute atomic E-state index is 12.9. The summed E-state index contributed by atoms with van der Waals surface area (Å²) < 4.78 is 0.948. The molecule has 0 bridgehead atoms. The number of nitrogens with one attached hydrogen (secondary N) is 2. The van der Waals surface area contributed by atoms with E-state index in [9.17, 15) is 9.59 Å². The average molecular weight is 425 g/mol. The number of hydrogen-bond acceptors (Lipinski definition) is 3. The molecule has 1 fully saturated rings. The molecule has 0 unspecified atom stereocenters. The van der Waals surface area contributed by atoms with Crippen LogP contribution in [0.2, 0.25) is 0 Å². The zero-order chi connectivity index (χ0) is 18.6. The second-order valence-corrected chi connectivity index (χ2v) is 8.02. The summed E-state index contributed by atoms with van der Waals surface area (Å²) in [5, 5.41) is 10.8. The lowest BCUT2D eigenvalue weighted by atomic mass is 9.73. The molecule has 136 valence electrons. The molecule has 1 spiro atoms. The predicted molar refractivity (Wildman–Crippen MR) is 106 cm³/mol. The van der Waals surface area contributed by atoms with Gasteiger partial charge in [0.15, 0.2) is 0 Å². The highest BCUT2D eigenvalue weighted by molar-refractivity contribution is 9.10. The molecule has 7 heteroatoms. The molecule has 3 aromatic rings. The summed E-state index contributed by atoms with van der Waals surface area (Å²) in [4.78, 5) is 27.6. The van der Waals surface area contributed by atoms with Gasteiger partial charge in [0.2, 0.25) is 5.91 Å². The molecule has 2 aromatic carbocycles. The van der Waals surface area contributed by atoms with Gasteiger partial charge in [-0.2, -0.15) is 5.10 Å². The Morgan fingerprint density at radius 2 is 2.00 bits per heavy atom. The number of H-pyrrole nitrogens is 1. The number of nitrogens with zero attached hydrogens (tertiary/aromatic N) is 2. The number of piperidine rings is 1. The van der Waals surface area contributed by atoms with Gasteiger partial charge in [0.05, 0.1) is 17.1 Å². The Morgan fingerprint density at radius 3 is 2.81 bits per heavy atom. The van der Waals surface area contributed by atoms with Crippen molar-refractivity contribution >= 4 is 44.3 Å². The van der Waals surface area contributed by atoms with Crippen molar-refractivity contribution in [2.45, 2.75) is 18.3 Å². The van der Waals surface area contributed by atoms with Crippen LogP contribution in [-0.4, -0.2) is 40.0 Å². The zero-order valence-electron chi connectivity index (χ0n) is 14.5. The van der Waals surface area contributed by atoms with Crippen molar-refractivity contribution in [3.8, 4) is 0 Å². The molecule has 0 aliphatic carbocycles. The molecule has 5 rings (SSSR count). The molecule has 3 heterocycles. The number of benzene rings is 2. The van der Waals surface area contributed by atoms with Crippen molar-refractivity contribution in [1.82, 2.24) is 15.1 Å². The van der Waals surface area contributed by atoms with E-state index in [1.54, 1.807) is 6.20 Å². The zero-order valence-corrected chi connectivity index (χ0v) is 16.0. The minimum Gasteiger partial charge on any atom is -0.339 e. The van der Waals surface area contributed by atoms with Crippen LogP contribution >= 0.6 is 15.9 Å². The number of aromatic nitrogens is 2. The van der Waals surface area contributed by atoms with Crippen LogP contribution in [-0.2, 0) is 10.2 Å². The summed E-state index contributed by atoms with van der Waals surface area (Å²) in [5.74, 6) is 0.0371. The van der Waals surface area contributed by atoms with Crippen LogP contribution in [0.3, 0.4) is 0 Å². The number of amides is 2. The van der Waals surface area contributed by atoms with E-state index in [0.29, 0.717) is 31.5 Å². The van der Waals surface area contributed by atoms with Crippen LogP contribution < -0.4 is 5.32 Å². The molecule has 0 radical (unpaired) electrons. The van der Waals surface area contributed by atoms with Gasteiger partial charge in [0.1, 0.15) is 0 Å². The van der Waals surface area contributed by atoms with E-state index in [0.717, 1.165) is 26.6 Å². The molecular formula is C20H17BrN4O2. The van der Waals surface area contributed by atoms with Gasteiger partial charge in [-0.05, 0) is 43.2 Å². The number of hydrogen-bond donors (Lipinski definition) is 2. The Kier molecular flexibility index (Phi) is 3.62. The Labute approximate surface area is 164 Å². The Bertz CT molecular complexity index is 1080. The normalized spacial score (nSPS) is 18.0. The fraction of sp³-hybridized carbons (Fsp3) is 0.250. The van der Waals surface area contributed by atoms with Crippen LogP contribution in [0.5, 0.6) is 0 Å². The van der Waals surface area contributed by atoms with Crippen molar-refractivity contribution in [3.63, 3.8) is 0 Å². The van der Waals surface area contributed by atoms with E-state index in [1.807, 2.05) is 41.3 Å². The minimum atomic E-state index is -0.555. The third-order valence-electron chi connectivity index (χ3n) is 5.77. The molecule has 6 nitrogen and oxygen atoms in total. The molecule has 2 N–H and O–H groups in total. The van der Waals surface area contributed by atoms with E-state index in [1.165, 1.54) is 0 Å². The van der Waals surface area contributed by atoms with Gasteiger partial charge in [0, 0.05) is 39.8 Å². The van der Waals surface area contributed by atoms with Gasteiger partial charge >= 0.3 is 0 Å². The highest BCUT2D eigenvalue weighted by Gasteiger charge is 2.50. The lowest BCUT2D eigenvalue weighted by Crippen LogP contribution is -2.48. The second-order valence-electron chi connectivity index (χ2n) is 7.16. The molecular weight excluding hydrogens is 408 g/mol. The SMILES string of the molecule is O=C(c1ccc2[nH]ncc2c1)N1CCC2(CC1)C(=O)Nc1cccc(Br)c12. The number of rotatable bonds is 1. The summed E-state index contributed by atoms with van der Waals surface area (Å²) in [6.07, 6.45) is 2.96. The summed E-state index contributed by atoms with van der Waals surface area (Å²) in [5.41, 5.74) is 2.91. The smallest absolute Gasteiger partial charge is 0.253 e. The molecule has 27 heavy (non-hydrogen) atoms. The standard InChI is InChI=1S/C20H17BrN4O2/c21-14-2-1-3-16-17(14)20(19(27)23-16)6-8-25(9-7-20)18(26)12-4-5-15-13(10-12)11-22-24-15/h1-5,10-11H,6-9H2,(H,22,24)(H,23,27). The van der Waals surface area contributed by atoms with Gasteiger partial charge in [-0.15, -0.1) is 0 Å². The first-order chi connectivity index (χ1) is 13.1. The number of anilines is 1. The molecule has 2 aliphatic heterocycles. The molecule has 2 amide bonds. The van der Waals surface area contributed by atoms with Crippen LogP contribution in [0, 0.1) is 0 Å². The van der Waals surface area contributed by atoms with Crippen molar-refractivity contribution < 1.29 is 9.59 Å². The highest BCUT2D eigenvalue weighted by Crippen LogP contribution is 2.48. The molecule has 1 saturated heterocycles. The predicted octanol–water partition coefficient (Wildman–Crippen LogP) is 3.45. The first-order valence-electron chi connectivity index (χ1n) is 8.91.